The van der Waals surface area contributed by atoms with Crippen molar-refractivity contribution >= 4 is 0 Å². The molecule has 0 aromatic rings. The van der Waals surface area contributed by atoms with E-state index >= 15 is 0 Å². The lowest BCUT2D eigenvalue weighted by Gasteiger charge is -2.51. The summed E-state index contributed by atoms with van der Waals surface area (Å²) in [7, 11) is 0. The highest BCUT2D eigenvalue weighted by Gasteiger charge is 2.59. The average Bonchev–Trinajstić information content (AvgIpc) is 2.85. The maximum Gasteiger partial charge on any atom is 0.0653 e. The molecule has 4 aliphatic carbocycles. The Morgan fingerprint density at radius 1 is 1.14 bits per heavy atom. The van der Waals surface area contributed by atoms with Crippen LogP contribution in [0.5, 0.6) is 0 Å². The SMILES string of the molecule is CC1OC2CCC=C3C=C[C@@H]4C(CC[C@]5(C)[C@@H]1CC[C@@H]45)[C@H]32. The lowest BCUT2D eigenvalue weighted by atomic mass is 9.53. The molecule has 6 bridgehead atoms. The van der Waals surface area contributed by atoms with Crippen LogP contribution in [0.3, 0.4) is 0 Å². The second kappa shape index (κ2) is 4.25. The molecule has 6 aliphatic rings. The number of hydrogen-bond donors (Lipinski definition) is 0. The van der Waals surface area contributed by atoms with Gasteiger partial charge in [-0.25, -0.2) is 0 Å². The van der Waals surface area contributed by atoms with Gasteiger partial charge in [0.05, 0.1) is 12.2 Å². The summed E-state index contributed by atoms with van der Waals surface area (Å²) < 4.78 is 6.73. The van der Waals surface area contributed by atoms with Gasteiger partial charge in [0.2, 0.25) is 0 Å². The van der Waals surface area contributed by atoms with Gasteiger partial charge in [-0.15, -0.1) is 0 Å². The number of fused-ring (bicyclic) bond motifs is 2. The van der Waals surface area contributed by atoms with Gasteiger partial charge in [-0.3, -0.25) is 0 Å². The topological polar surface area (TPSA) is 9.23 Å². The Morgan fingerprint density at radius 3 is 2.90 bits per heavy atom. The second-order valence-corrected chi connectivity index (χ2v) is 8.62. The van der Waals surface area contributed by atoms with Gasteiger partial charge in [0.25, 0.3) is 0 Å². The van der Waals surface area contributed by atoms with Crippen molar-refractivity contribution in [2.24, 2.45) is 35.0 Å². The van der Waals surface area contributed by atoms with Crippen LogP contribution in [-0.2, 0) is 4.74 Å². The summed E-state index contributed by atoms with van der Waals surface area (Å²) in [6.45, 7) is 4.98. The molecular formula is C20H28O. The van der Waals surface area contributed by atoms with E-state index in [1.165, 1.54) is 38.5 Å². The van der Waals surface area contributed by atoms with E-state index in [4.69, 9.17) is 4.74 Å². The Morgan fingerprint density at radius 2 is 2.00 bits per heavy atom. The maximum absolute atomic E-state index is 6.73. The van der Waals surface area contributed by atoms with Crippen molar-refractivity contribution in [1.82, 2.24) is 0 Å². The normalized spacial score (nSPS) is 57.4. The molecule has 3 unspecified atom stereocenters. The highest BCUT2D eigenvalue weighted by molar-refractivity contribution is 5.32. The van der Waals surface area contributed by atoms with Gasteiger partial charge < -0.3 is 4.74 Å². The molecule has 1 heteroatoms. The van der Waals surface area contributed by atoms with E-state index < -0.39 is 0 Å². The standard InChI is InChI=1S/C20H28O/c1-12-16-8-9-17-14-7-6-13-4-3-5-18(21-12)19(13)15(14)10-11-20(16,17)2/h4,6-7,12,14-19H,3,5,8-11H2,1-2H3/t12?,14-,15?,16-,17+,18?,19+,20-/m1/s1. The van der Waals surface area contributed by atoms with Crippen LogP contribution in [-0.4, -0.2) is 12.2 Å². The molecule has 6 rings (SSSR count). The summed E-state index contributed by atoms with van der Waals surface area (Å²) in [4.78, 5) is 0. The van der Waals surface area contributed by atoms with Crippen molar-refractivity contribution in [3.05, 3.63) is 23.8 Å². The summed E-state index contributed by atoms with van der Waals surface area (Å²) >= 11 is 0. The van der Waals surface area contributed by atoms with Crippen molar-refractivity contribution in [2.45, 2.75) is 64.6 Å². The average molecular weight is 284 g/mol. The molecular weight excluding hydrogens is 256 g/mol. The van der Waals surface area contributed by atoms with Crippen molar-refractivity contribution in [2.75, 3.05) is 0 Å². The van der Waals surface area contributed by atoms with Gasteiger partial charge in [-0.05, 0) is 80.1 Å². The molecule has 0 aromatic carbocycles. The molecule has 0 aromatic heterocycles. The third-order valence-corrected chi connectivity index (χ3v) is 8.00. The highest BCUT2D eigenvalue weighted by atomic mass is 16.5. The van der Waals surface area contributed by atoms with Crippen LogP contribution in [0, 0.1) is 35.0 Å². The van der Waals surface area contributed by atoms with Crippen LogP contribution < -0.4 is 0 Å². The van der Waals surface area contributed by atoms with Crippen LogP contribution in [0.2, 0.25) is 0 Å². The fraction of sp³-hybridized carbons (Fsp3) is 0.800. The van der Waals surface area contributed by atoms with Gasteiger partial charge in [-0.1, -0.05) is 25.2 Å². The van der Waals surface area contributed by atoms with Gasteiger partial charge >= 0.3 is 0 Å². The lowest BCUT2D eigenvalue weighted by molar-refractivity contribution is -0.0738. The van der Waals surface area contributed by atoms with Crippen LogP contribution in [0.1, 0.15) is 52.4 Å². The summed E-state index contributed by atoms with van der Waals surface area (Å²) in [6.07, 6.45) is 16.8. The fourth-order valence-electron chi connectivity index (χ4n) is 7.12. The summed E-state index contributed by atoms with van der Waals surface area (Å²) in [5.41, 5.74) is 2.15. The number of allylic oxidation sites excluding steroid dienone is 3. The smallest absolute Gasteiger partial charge is 0.0653 e. The van der Waals surface area contributed by atoms with Gasteiger partial charge in [0.15, 0.2) is 0 Å². The minimum atomic E-state index is 0.461. The minimum Gasteiger partial charge on any atom is -0.374 e. The predicted octanol–water partition coefficient (Wildman–Crippen LogP) is 4.74. The van der Waals surface area contributed by atoms with E-state index in [0.29, 0.717) is 23.5 Å². The third-order valence-electron chi connectivity index (χ3n) is 8.00. The lowest BCUT2D eigenvalue weighted by Crippen LogP contribution is -2.46. The summed E-state index contributed by atoms with van der Waals surface area (Å²) in [6, 6.07) is 0. The molecule has 2 saturated carbocycles. The van der Waals surface area contributed by atoms with Crippen LogP contribution in [0.4, 0.5) is 0 Å². The molecule has 8 atom stereocenters. The van der Waals surface area contributed by atoms with Crippen LogP contribution >= 0.6 is 0 Å². The van der Waals surface area contributed by atoms with Gasteiger partial charge in [0, 0.05) is 5.92 Å². The van der Waals surface area contributed by atoms with Gasteiger partial charge in [-0.2, -0.15) is 0 Å². The molecule has 2 heterocycles. The summed E-state index contributed by atoms with van der Waals surface area (Å²) in [5.74, 6) is 4.13. The second-order valence-electron chi connectivity index (χ2n) is 8.62. The molecule has 2 aliphatic heterocycles. The zero-order valence-electron chi connectivity index (χ0n) is 13.4. The maximum atomic E-state index is 6.73. The molecule has 0 amide bonds. The molecule has 0 spiro atoms. The van der Waals surface area contributed by atoms with Crippen LogP contribution in [0.15, 0.2) is 23.8 Å². The van der Waals surface area contributed by atoms with Crippen molar-refractivity contribution < 1.29 is 4.74 Å². The number of rotatable bonds is 0. The van der Waals surface area contributed by atoms with E-state index in [9.17, 15) is 0 Å². The zero-order valence-corrected chi connectivity index (χ0v) is 13.4. The van der Waals surface area contributed by atoms with E-state index in [2.05, 4.69) is 32.1 Å². The Hall–Kier alpha value is -0.560. The number of hydrogen-bond acceptors (Lipinski definition) is 1. The molecule has 0 radical (unpaired) electrons. The molecule has 2 saturated heterocycles. The van der Waals surface area contributed by atoms with E-state index in [1.807, 2.05) is 0 Å². The number of ether oxygens (including phenoxy) is 1. The highest BCUT2D eigenvalue weighted by Crippen LogP contribution is 2.64. The molecule has 1 nitrogen and oxygen atoms in total. The first-order valence-corrected chi connectivity index (χ1v) is 9.22. The first-order valence-electron chi connectivity index (χ1n) is 9.22. The monoisotopic (exact) mass is 284 g/mol. The van der Waals surface area contributed by atoms with Crippen molar-refractivity contribution in [3.8, 4) is 0 Å². The minimum absolute atomic E-state index is 0.461. The fourth-order valence-corrected chi connectivity index (χ4v) is 7.12. The largest absolute Gasteiger partial charge is 0.374 e. The van der Waals surface area contributed by atoms with Gasteiger partial charge in [0.1, 0.15) is 0 Å². The Labute approximate surface area is 128 Å². The van der Waals surface area contributed by atoms with Crippen molar-refractivity contribution in [1.29, 1.82) is 0 Å². The van der Waals surface area contributed by atoms with E-state index in [0.717, 1.165) is 23.7 Å². The van der Waals surface area contributed by atoms with Crippen LogP contribution in [0.25, 0.3) is 0 Å². The van der Waals surface area contributed by atoms with E-state index in [-0.39, 0.29) is 0 Å². The molecule has 21 heavy (non-hydrogen) atoms. The Kier molecular flexibility index (Phi) is 2.62. The third kappa shape index (κ3) is 1.57. The Balaban J connectivity index is 1.69. The first-order chi connectivity index (χ1) is 10.2. The Bertz CT molecular complexity index is 518. The van der Waals surface area contributed by atoms with Crippen molar-refractivity contribution in [3.63, 3.8) is 0 Å². The summed E-state index contributed by atoms with van der Waals surface area (Å²) in [5, 5.41) is 0. The predicted molar refractivity (Wildman–Crippen MR) is 84.8 cm³/mol. The van der Waals surface area contributed by atoms with E-state index in [1.54, 1.807) is 5.57 Å². The quantitative estimate of drug-likeness (QED) is 0.624. The zero-order chi connectivity index (χ0) is 14.2. The molecule has 4 fully saturated rings. The molecule has 114 valence electrons. The molecule has 0 N–H and O–H groups in total. The first kappa shape index (κ1) is 12.9.